The van der Waals surface area contributed by atoms with Gasteiger partial charge >= 0.3 is 5.97 Å². The zero-order valence-corrected chi connectivity index (χ0v) is 23.0. The Morgan fingerprint density at radius 2 is 1.50 bits per heavy atom. The zero-order chi connectivity index (χ0) is 28.7. The van der Waals surface area contributed by atoms with Crippen molar-refractivity contribution in [3.05, 3.63) is 118 Å². The Labute approximate surface area is 236 Å². The SMILES string of the molecule is COc1cc(/C=N/NC(=O)c2ccc(NS(=O)(=O)c3ccc(Cl)cc3)cc2)ccc1OC(=O)c1ccc(C)cc1. The van der Waals surface area contributed by atoms with Crippen molar-refractivity contribution in [2.45, 2.75) is 11.8 Å². The number of carbonyl (C=O) groups is 2. The predicted molar refractivity (Wildman–Crippen MR) is 153 cm³/mol. The van der Waals surface area contributed by atoms with E-state index in [0.717, 1.165) is 5.56 Å². The lowest BCUT2D eigenvalue weighted by molar-refractivity contribution is 0.0729. The smallest absolute Gasteiger partial charge is 0.343 e. The molecule has 4 aromatic rings. The summed E-state index contributed by atoms with van der Waals surface area (Å²) < 4.78 is 38.3. The Hall–Kier alpha value is -4.67. The maximum atomic E-state index is 12.5. The van der Waals surface area contributed by atoms with Gasteiger partial charge in [0.15, 0.2) is 11.5 Å². The molecule has 0 atom stereocenters. The Morgan fingerprint density at radius 3 is 2.15 bits per heavy atom. The number of amides is 1. The molecule has 0 spiro atoms. The number of methoxy groups -OCH3 is 1. The Morgan fingerprint density at radius 1 is 0.850 bits per heavy atom. The van der Waals surface area contributed by atoms with E-state index in [2.05, 4.69) is 15.2 Å². The number of aryl methyl sites for hydroxylation is 1. The molecular formula is C29H24ClN3O6S. The van der Waals surface area contributed by atoms with Crippen LogP contribution in [0.2, 0.25) is 5.02 Å². The molecular weight excluding hydrogens is 554 g/mol. The molecule has 0 saturated heterocycles. The molecule has 0 aliphatic carbocycles. The summed E-state index contributed by atoms with van der Waals surface area (Å²) in [5.41, 5.74) is 4.98. The highest BCUT2D eigenvalue weighted by atomic mass is 35.5. The molecule has 0 saturated carbocycles. The maximum Gasteiger partial charge on any atom is 0.343 e. The van der Waals surface area contributed by atoms with Crippen molar-refractivity contribution in [2.24, 2.45) is 5.10 Å². The molecule has 0 unspecified atom stereocenters. The van der Waals surface area contributed by atoms with Crippen LogP contribution in [0.15, 0.2) is 101 Å². The van der Waals surface area contributed by atoms with Crippen LogP contribution in [0.5, 0.6) is 11.5 Å². The number of nitrogens with zero attached hydrogens (tertiary/aromatic N) is 1. The lowest BCUT2D eigenvalue weighted by atomic mass is 10.1. The third-order valence-electron chi connectivity index (χ3n) is 5.58. The Balaban J connectivity index is 1.35. The van der Waals surface area contributed by atoms with Crippen molar-refractivity contribution in [1.82, 2.24) is 5.43 Å². The van der Waals surface area contributed by atoms with Gasteiger partial charge in [0.1, 0.15) is 0 Å². The topological polar surface area (TPSA) is 123 Å². The van der Waals surface area contributed by atoms with Crippen molar-refractivity contribution in [2.75, 3.05) is 11.8 Å². The van der Waals surface area contributed by atoms with Gasteiger partial charge in [-0.3, -0.25) is 9.52 Å². The number of anilines is 1. The van der Waals surface area contributed by atoms with Gasteiger partial charge < -0.3 is 9.47 Å². The van der Waals surface area contributed by atoms with Gasteiger partial charge in [-0.05, 0) is 91.3 Å². The van der Waals surface area contributed by atoms with Gasteiger partial charge in [0.25, 0.3) is 15.9 Å². The van der Waals surface area contributed by atoms with E-state index in [1.807, 2.05) is 19.1 Å². The number of ether oxygens (including phenoxy) is 2. The lowest BCUT2D eigenvalue weighted by Gasteiger charge is -2.10. The summed E-state index contributed by atoms with van der Waals surface area (Å²) in [6.45, 7) is 1.92. The number of halogens is 1. The maximum absolute atomic E-state index is 12.5. The van der Waals surface area contributed by atoms with E-state index in [1.54, 1.807) is 30.3 Å². The average Bonchev–Trinajstić information content (AvgIpc) is 2.94. The molecule has 4 aromatic carbocycles. The monoisotopic (exact) mass is 577 g/mol. The van der Waals surface area contributed by atoms with Gasteiger partial charge in [-0.15, -0.1) is 0 Å². The van der Waals surface area contributed by atoms with Crippen LogP contribution in [0.25, 0.3) is 0 Å². The molecule has 4 rings (SSSR count). The van der Waals surface area contributed by atoms with Gasteiger partial charge in [-0.1, -0.05) is 29.3 Å². The number of rotatable bonds is 9. The number of hydrazone groups is 1. The third kappa shape index (κ3) is 7.25. The highest BCUT2D eigenvalue weighted by molar-refractivity contribution is 7.92. The minimum atomic E-state index is -3.81. The second kappa shape index (κ2) is 12.5. The number of hydrogen-bond acceptors (Lipinski definition) is 7. The van der Waals surface area contributed by atoms with Crippen LogP contribution in [0.1, 0.15) is 31.8 Å². The summed E-state index contributed by atoms with van der Waals surface area (Å²) in [7, 11) is -2.37. The lowest BCUT2D eigenvalue weighted by Crippen LogP contribution is -2.18. The van der Waals surface area contributed by atoms with Gasteiger partial charge in [-0.25, -0.2) is 18.6 Å². The highest BCUT2D eigenvalue weighted by Gasteiger charge is 2.15. The number of benzene rings is 4. The molecule has 204 valence electrons. The quantitative estimate of drug-likeness (QED) is 0.118. The van der Waals surface area contributed by atoms with E-state index in [9.17, 15) is 18.0 Å². The first kappa shape index (κ1) is 28.3. The van der Waals surface area contributed by atoms with Crippen molar-refractivity contribution >= 4 is 45.4 Å². The molecule has 0 aliphatic heterocycles. The van der Waals surface area contributed by atoms with E-state index in [-0.39, 0.29) is 21.9 Å². The van der Waals surface area contributed by atoms with Crippen LogP contribution in [0.3, 0.4) is 0 Å². The minimum Gasteiger partial charge on any atom is -0.493 e. The van der Waals surface area contributed by atoms with Gasteiger partial charge in [0, 0.05) is 16.3 Å². The van der Waals surface area contributed by atoms with Crippen molar-refractivity contribution in [3.63, 3.8) is 0 Å². The van der Waals surface area contributed by atoms with Gasteiger partial charge in [0.05, 0.1) is 23.8 Å². The standard InChI is InChI=1S/C29H24ClN3O6S/c1-19-3-6-22(7-4-19)29(35)39-26-16-5-20(17-27(26)38-2)18-31-32-28(34)21-8-12-24(13-9-21)33-40(36,37)25-14-10-23(30)11-15-25/h3-18,33H,1-2H3,(H,32,34)/b31-18+. The van der Waals surface area contributed by atoms with E-state index in [0.29, 0.717) is 21.9 Å². The van der Waals surface area contributed by atoms with E-state index < -0.39 is 21.9 Å². The number of carbonyl (C=O) groups excluding carboxylic acids is 2. The molecule has 11 heteroatoms. The van der Waals surface area contributed by atoms with E-state index >= 15 is 0 Å². The average molecular weight is 578 g/mol. The molecule has 0 aliphatic rings. The highest BCUT2D eigenvalue weighted by Crippen LogP contribution is 2.28. The summed E-state index contributed by atoms with van der Waals surface area (Å²) in [6, 6.07) is 23.4. The predicted octanol–water partition coefficient (Wildman–Crippen LogP) is 5.44. The fourth-order valence-corrected chi connectivity index (χ4v) is 4.63. The van der Waals surface area contributed by atoms with Crippen LogP contribution >= 0.6 is 11.6 Å². The van der Waals surface area contributed by atoms with Crippen molar-refractivity contribution in [1.29, 1.82) is 0 Å². The van der Waals surface area contributed by atoms with Crippen LogP contribution in [0.4, 0.5) is 5.69 Å². The number of sulfonamides is 1. The summed E-state index contributed by atoms with van der Waals surface area (Å²) in [6.07, 6.45) is 1.40. The Bertz CT molecular complexity index is 1650. The molecule has 9 nitrogen and oxygen atoms in total. The third-order valence-corrected chi connectivity index (χ3v) is 7.23. The van der Waals surface area contributed by atoms with Gasteiger partial charge in [0.2, 0.25) is 0 Å². The molecule has 0 aromatic heterocycles. The minimum absolute atomic E-state index is 0.0575. The first-order valence-electron chi connectivity index (χ1n) is 11.8. The van der Waals surface area contributed by atoms with E-state index in [1.165, 1.54) is 61.9 Å². The van der Waals surface area contributed by atoms with E-state index in [4.69, 9.17) is 21.1 Å². The Kier molecular flexibility index (Phi) is 8.83. The molecule has 40 heavy (non-hydrogen) atoms. The van der Waals surface area contributed by atoms with Crippen LogP contribution in [0, 0.1) is 6.92 Å². The summed E-state index contributed by atoms with van der Waals surface area (Å²) in [5.74, 6) is -0.469. The van der Waals surface area contributed by atoms with Crippen molar-refractivity contribution in [3.8, 4) is 11.5 Å². The first-order chi connectivity index (χ1) is 19.1. The van der Waals surface area contributed by atoms with Crippen LogP contribution < -0.4 is 19.6 Å². The van der Waals surface area contributed by atoms with Crippen LogP contribution in [-0.4, -0.2) is 33.6 Å². The van der Waals surface area contributed by atoms with Crippen molar-refractivity contribution < 1.29 is 27.5 Å². The molecule has 0 bridgehead atoms. The summed E-state index contributed by atoms with van der Waals surface area (Å²) in [5, 5.41) is 4.38. The fraction of sp³-hybridized carbons (Fsp3) is 0.0690. The summed E-state index contributed by atoms with van der Waals surface area (Å²) in [4.78, 5) is 25.0. The number of nitrogens with one attached hydrogen (secondary N) is 2. The summed E-state index contributed by atoms with van der Waals surface area (Å²) >= 11 is 5.81. The molecule has 0 radical (unpaired) electrons. The molecule has 2 N–H and O–H groups in total. The number of esters is 1. The fourth-order valence-electron chi connectivity index (χ4n) is 3.44. The zero-order valence-electron chi connectivity index (χ0n) is 21.4. The first-order valence-corrected chi connectivity index (χ1v) is 13.7. The van der Waals surface area contributed by atoms with Crippen LogP contribution in [-0.2, 0) is 10.0 Å². The normalized spacial score (nSPS) is 11.2. The van der Waals surface area contributed by atoms with Gasteiger partial charge in [-0.2, -0.15) is 5.10 Å². The second-order valence-electron chi connectivity index (χ2n) is 8.50. The second-order valence-corrected chi connectivity index (χ2v) is 10.6. The molecule has 0 fully saturated rings. The largest absolute Gasteiger partial charge is 0.493 e. The number of hydrogen-bond donors (Lipinski definition) is 2. The molecule has 0 heterocycles. The molecule has 1 amide bonds.